The van der Waals surface area contributed by atoms with E-state index in [1.807, 2.05) is 0 Å². The Morgan fingerprint density at radius 1 is 1.40 bits per heavy atom. The first-order valence-corrected chi connectivity index (χ1v) is 6.47. The van der Waals surface area contributed by atoms with E-state index in [0.717, 1.165) is 0 Å². The average molecular weight is 212 g/mol. The molecule has 1 heterocycles. The Hall–Kier alpha value is -0.0800. The van der Waals surface area contributed by atoms with Crippen molar-refractivity contribution < 1.29 is 0 Å². The molecule has 1 rings (SSSR count). The maximum Gasteiger partial charge on any atom is 0.0209 e. The maximum absolute atomic E-state index is 3.64. The molecule has 0 aliphatic carbocycles. The Morgan fingerprint density at radius 3 is 2.60 bits per heavy atom. The van der Waals surface area contributed by atoms with Crippen LogP contribution in [-0.2, 0) is 0 Å². The van der Waals surface area contributed by atoms with Gasteiger partial charge in [-0.1, -0.05) is 27.2 Å². The Bertz CT molecular complexity index is 187. The summed E-state index contributed by atoms with van der Waals surface area (Å²) in [6.07, 6.45) is 3.90. The van der Waals surface area contributed by atoms with Gasteiger partial charge in [-0.2, -0.15) is 0 Å². The topological polar surface area (TPSA) is 15.3 Å². The number of likely N-dealkylation sites (tertiary alicyclic amines) is 1. The van der Waals surface area contributed by atoms with Crippen LogP contribution in [0.25, 0.3) is 0 Å². The molecule has 90 valence electrons. The molecule has 0 radical (unpaired) electrons. The van der Waals surface area contributed by atoms with Crippen LogP contribution < -0.4 is 5.32 Å². The summed E-state index contributed by atoms with van der Waals surface area (Å²) in [6.45, 7) is 14.0. The molecular weight excluding hydrogens is 184 g/mol. The third-order valence-electron chi connectivity index (χ3n) is 3.48. The first kappa shape index (κ1) is 13.0. The first-order valence-electron chi connectivity index (χ1n) is 6.47. The minimum Gasteiger partial charge on any atom is -0.310 e. The molecule has 15 heavy (non-hydrogen) atoms. The molecular formula is C13H28N2. The molecule has 0 aromatic heterocycles. The van der Waals surface area contributed by atoms with Crippen molar-refractivity contribution in [2.45, 2.75) is 71.5 Å². The summed E-state index contributed by atoms with van der Waals surface area (Å²) in [4.78, 5) is 2.65. The highest BCUT2D eigenvalue weighted by Crippen LogP contribution is 2.25. The smallest absolute Gasteiger partial charge is 0.0209 e. The average Bonchev–Trinajstić information content (AvgIpc) is 2.51. The summed E-state index contributed by atoms with van der Waals surface area (Å²) < 4.78 is 0. The van der Waals surface area contributed by atoms with E-state index in [9.17, 15) is 0 Å². The minimum atomic E-state index is 0.391. The molecule has 0 bridgehead atoms. The van der Waals surface area contributed by atoms with E-state index in [0.29, 0.717) is 17.6 Å². The van der Waals surface area contributed by atoms with Crippen molar-refractivity contribution in [1.82, 2.24) is 10.2 Å². The zero-order valence-electron chi connectivity index (χ0n) is 11.1. The lowest BCUT2D eigenvalue weighted by atomic mass is 9.97. The predicted octanol–water partition coefficient (Wildman–Crippen LogP) is 2.64. The van der Waals surface area contributed by atoms with Gasteiger partial charge in [0, 0.05) is 30.7 Å². The van der Waals surface area contributed by atoms with Crippen molar-refractivity contribution in [3.63, 3.8) is 0 Å². The molecule has 1 N–H and O–H groups in total. The van der Waals surface area contributed by atoms with Crippen molar-refractivity contribution in [1.29, 1.82) is 0 Å². The van der Waals surface area contributed by atoms with Crippen LogP contribution in [0.1, 0.15) is 53.9 Å². The highest BCUT2D eigenvalue weighted by molar-refractivity contribution is 4.90. The van der Waals surface area contributed by atoms with Crippen LogP contribution in [0.3, 0.4) is 0 Å². The number of hydrogen-bond donors (Lipinski definition) is 1. The molecule has 1 saturated heterocycles. The largest absolute Gasteiger partial charge is 0.310 e. The van der Waals surface area contributed by atoms with Crippen LogP contribution in [0, 0.1) is 0 Å². The molecule has 2 heteroatoms. The fraction of sp³-hybridized carbons (Fsp3) is 1.00. The molecule has 1 atom stereocenters. The number of nitrogens with zero attached hydrogens (tertiary/aromatic N) is 1. The first-order chi connectivity index (χ1) is 6.95. The van der Waals surface area contributed by atoms with Gasteiger partial charge in [0.15, 0.2) is 0 Å². The SMILES string of the molecule is CCCC(C)(C)N1CCC(NC(C)C)C1. The molecule has 0 aromatic rings. The van der Waals surface area contributed by atoms with E-state index in [2.05, 4.69) is 44.8 Å². The van der Waals surface area contributed by atoms with Crippen molar-refractivity contribution in [3.05, 3.63) is 0 Å². The molecule has 1 aliphatic heterocycles. The summed E-state index contributed by atoms with van der Waals surface area (Å²) in [7, 11) is 0. The number of rotatable bonds is 5. The number of hydrogen-bond acceptors (Lipinski definition) is 2. The van der Waals surface area contributed by atoms with Gasteiger partial charge in [-0.3, -0.25) is 4.90 Å². The van der Waals surface area contributed by atoms with Gasteiger partial charge in [0.05, 0.1) is 0 Å². The van der Waals surface area contributed by atoms with Gasteiger partial charge < -0.3 is 5.32 Å². The van der Waals surface area contributed by atoms with Gasteiger partial charge in [0.1, 0.15) is 0 Å². The highest BCUT2D eigenvalue weighted by atomic mass is 15.2. The monoisotopic (exact) mass is 212 g/mol. The van der Waals surface area contributed by atoms with Crippen LogP contribution in [0.15, 0.2) is 0 Å². The Balaban J connectivity index is 2.41. The second-order valence-corrected chi connectivity index (χ2v) is 5.82. The van der Waals surface area contributed by atoms with Gasteiger partial charge in [0.2, 0.25) is 0 Å². The Kier molecular flexibility index (Phi) is 4.60. The third-order valence-corrected chi connectivity index (χ3v) is 3.48. The fourth-order valence-electron chi connectivity index (χ4n) is 2.69. The molecule has 1 unspecified atom stereocenters. The minimum absolute atomic E-state index is 0.391. The van der Waals surface area contributed by atoms with Crippen molar-refractivity contribution >= 4 is 0 Å². The Labute approximate surface area is 95.4 Å². The van der Waals surface area contributed by atoms with Crippen LogP contribution in [0.5, 0.6) is 0 Å². The van der Waals surface area contributed by atoms with Crippen molar-refractivity contribution in [3.8, 4) is 0 Å². The van der Waals surface area contributed by atoms with Gasteiger partial charge in [0.25, 0.3) is 0 Å². The van der Waals surface area contributed by atoms with Gasteiger partial charge >= 0.3 is 0 Å². The molecule has 0 aromatic carbocycles. The molecule has 0 saturated carbocycles. The zero-order chi connectivity index (χ0) is 11.5. The third kappa shape index (κ3) is 3.76. The summed E-state index contributed by atoms with van der Waals surface area (Å²) >= 11 is 0. The van der Waals surface area contributed by atoms with Gasteiger partial charge in [-0.05, 0) is 26.7 Å². The molecule has 0 amide bonds. The summed E-state index contributed by atoms with van der Waals surface area (Å²) in [5.41, 5.74) is 0.391. The lowest BCUT2D eigenvalue weighted by Crippen LogP contribution is -2.45. The van der Waals surface area contributed by atoms with Crippen molar-refractivity contribution in [2.75, 3.05) is 13.1 Å². The van der Waals surface area contributed by atoms with E-state index in [4.69, 9.17) is 0 Å². The standard InChI is InChI=1S/C13H28N2/c1-6-8-13(4,5)15-9-7-12(10-15)14-11(2)3/h11-12,14H,6-10H2,1-5H3. The lowest BCUT2D eigenvalue weighted by molar-refractivity contribution is 0.139. The summed E-state index contributed by atoms with van der Waals surface area (Å²) in [5, 5.41) is 3.64. The van der Waals surface area contributed by atoms with E-state index < -0.39 is 0 Å². The fourth-order valence-corrected chi connectivity index (χ4v) is 2.69. The maximum atomic E-state index is 3.64. The number of nitrogens with one attached hydrogen (secondary N) is 1. The second kappa shape index (κ2) is 5.31. The normalized spacial score (nSPS) is 24.0. The summed E-state index contributed by atoms with van der Waals surface area (Å²) in [5.74, 6) is 0. The van der Waals surface area contributed by atoms with E-state index in [-0.39, 0.29) is 0 Å². The van der Waals surface area contributed by atoms with E-state index >= 15 is 0 Å². The molecule has 2 nitrogen and oxygen atoms in total. The summed E-state index contributed by atoms with van der Waals surface area (Å²) in [6, 6.07) is 1.32. The van der Waals surface area contributed by atoms with Crippen LogP contribution in [0.4, 0.5) is 0 Å². The van der Waals surface area contributed by atoms with Gasteiger partial charge in [-0.15, -0.1) is 0 Å². The molecule has 1 aliphatic rings. The van der Waals surface area contributed by atoms with Gasteiger partial charge in [-0.25, -0.2) is 0 Å². The predicted molar refractivity (Wildman–Crippen MR) is 67.2 cm³/mol. The van der Waals surface area contributed by atoms with E-state index in [1.54, 1.807) is 0 Å². The Morgan fingerprint density at radius 2 is 2.07 bits per heavy atom. The molecule has 0 spiro atoms. The lowest BCUT2D eigenvalue weighted by Gasteiger charge is -2.35. The quantitative estimate of drug-likeness (QED) is 0.753. The highest BCUT2D eigenvalue weighted by Gasteiger charge is 2.32. The molecule has 1 fully saturated rings. The zero-order valence-corrected chi connectivity index (χ0v) is 11.1. The van der Waals surface area contributed by atoms with Crippen LogP contribution in [0.2, 0.25) is 0 Å². The van der Waals surface area contributed by atoms with Crippen molar-refractivity contribution in [2.24, 2.45) is 0 Å². The van der Waals surface area contributed by atoms with Crippen LogP contribution in [-0.4, -0.2) is 35.6 Å². The van der Waals surface area contributed by atoms with Crippen LogP contribution >= 0.6 is 0 Å². The van der Waals surface area contributed by atoms with E-state index in [1.165, 1.54) is 32.4 Å². The second-order valence-electron chi connectivity index (χ2n) is 5.82.